The largest absolute Gasteiger partial charge is 0.331 e. The highest BCUT2D eigenvalue weighted by atomic mass is 19.1. The quantitative estimate of drug-likeness (QED) is 0.899. The molecule has 0 unspecified atom stereocenters. The van der Waals surface area contributed by atoms with Crippen LogP contribution in [0.5, 0.6) is 0 Å². The average molecular weight is 344 g/mol. The Kier molecular flexibility index (Phi) is 5.06. The molecule has 0 bridgehead atoms. The maximum Gasteiger partial charge on any atom is 0.318 e. The van der Waals surface area contributed by atoms with E-state index in [1.54, 1.807) is 27.8 Å². The third-order valence-corrected chi connectivity index (χ3v) is 4.93. The minimum Gasteiger partial charge on any atom is -0.331 e. The van der Waals surface area contributed by atoms with E-state index in [1.807, 2.05) is 27.1 Å². The van der Waals surface area contributed by atoms with Crippen LogP contribution in [-0.2, 0) is 13.6 Å². The minimum atomic E-state index is -0.268. The second kappa shape index (κ2) is 7.25. The number of aromatic nitrogens is 2. The number of carbonyl (C=O) groups is 1. The number of hydrogen-bond donors (Lipinski definition) is 1. The molecular formula is C19H25FN4O. The molecule has 5 nitrogen and oxygen atoms in total. The van der Waals surface area contributed by atoms with Crippen LogP contribution in [0.3, 0.4) is 0 Å². The standard InChI is InChI=1S/C19H25FN4O/c1-13(17-12-23(3)22-14(17)2)21-19(25)24(16-8-6-9-16)11-15-7-4-5-10-18(15)20/h4-5,7,10,12-13,16H,6,8-9,11H2,1-3H3,(H,21,25)/t13-/m1/s1. The predicted molar refractivity (Wildman–Crippen MR) is 94.5 cm³/mol. The number of nitrogens with one attached hydrogen (secondary N) is 1. The smallest absolute Gasteiger partial charge is 0.318 e. The van der Waals surface area contributed by atoms with Crippen molar-refractivity contribution in [3.8, 4) is 0 Å². The van der Waals surface area contributed by atoms with Gasteiger partial charge in [0.2, 0.25) is 0 Å². The Bertz CT molecular complexity index is 754. The van der Waals surface area contributed by atoms with Gasteiger partial charge in [-0.1, -0.05) is 18.2 Å². The Balaban J connectivity index is 1.73. The molecule has 1 aromatic carbocycles. The number of urea groups is 1. The fraction of sp³-hybridized carbons (Fsp3) is 0.474. The molecule has 0 saturated heterocycles. The molecule has 1 heterocycles. The summed E-state index contributed by atoms with van der Waals surface area (Å²) in [6.45, 7) is 4.17. The van der Waals surface area contributed by atoms with E-state index < -0.39 is 0 Å². The Morgan fingerprint density at radius 1 is 1.44 bits per heavy atom. The molecule has 1 aromatic heterocycles. The summed E-state index contributed by atoms with van der Waals surface area (Å²) in [6.07, 6.45) is 4.98. The van der Waals surface area contributed by atoms with E-state index in [4.69, 9.17) is 0 Å². The maximum atomic E-state index is 14.0. The monoisotopic (exact) mass is 344 g/mol. The van der Waals surface area contributed by atoms with Gasteiger partial charge in [0.25, 0.3) is 0 Å². The first-order chi connectivity index (χ1) is 12.0. The van der Waals surface area contributed by atoms with Crippen LogP contribution in [0, 0.1) is 12.7 Å². The molecule has 1 fully saturated rings. The summed E-state index contributed by atoms with van der Waals surface area (Å²) in [4.78, 5) is 14.6. The normalized spacial score (nSPS) is 15.5. The Hall–Kier alpha value is -2.37. The van der Waals surface area contributed by atoms with E-state index in [0.717, 1.165) is 30.5 Å². The lowest BCUT2D eigenvalue weighted by Crippen LogP contribution is -2.49. The Morgan fingerprint density at radius 3 is 2.72 bits per heavy atom. The molecule has 134 valence electrons. The summed E-state index contributed by atoms with van der Waals surface area (Å²) in [5, 5.41) is 7.38. The summed E-state index contributed by atoms with van der Waals surface area (Å²) >= 11 is 0. The fourth-order valence-corrected chi connectivity index (χ4v) is 3.26. The van der Waals surface area contributed by atoms with E-state index in [1.165, 1.54) is 6.07 Å². The number of rotatable bonds is 5. The first kappa shape index (κ1) is 17.5. The highest BCUT2D eigenvalue weighted by Gasteiger charge is 2.30. The highest BCUT2D eigenvalue weighted by Crippen LogP contribution is 2.27. The van der Waals surface area contributed by atoms with E-state index in [9.17, 15) is 9.18 Å². The van der Waals surface area contributed by atoms with Crippen molar-refractivity contribution in [3.63, 3.8) is 0 Å². The molecule has 0 radical (unpaired) electrons. The van der Waals surface area contributed by atoms with Crippen LogP contribution in [0.4, 0.5) is 9.18 Å². The molecule has 1 aliphatic carbocycles. The van der Waals surface area contributed by atoms with Gasteiger partial charge in [0, 0.05) is 30.4 Å². The zero-order valence-electron chi connectivity index (χ0n) is 15.0. The molecule has 1 saturated carbocycles. The SMILES string of the molecule is Cc1nn(C)cc1[C@@H](C)NC(=O)N(Cc1ccccc1F)C1CCC1. The molecule has 25 heavy (non-hydrogen) atoms. The zero-order valence-corrected chi connectivity index (χ0v) is 15.0. The van der Waals surface area contributed by atoms with Gasteiger partial charge >= 0.3 is 6.03 Å². The Morgan fingerprint density at radius 2 is 2.16 bits per heavy atom. The van der Waals surface area contributed by atoms with E-state index in [-0.39, 0.29) is 23.9 Å². The lowest BCUT2D eigenvalue weighted by Gasteiger charge is -2.38. The van der Waals surface area contributed by atoms with Gasteiger partial charge in [0.1, 0.15) is 5.82 Å². The van der Waals surface area contributed by atoms with Crippen molar-refractivity contribution in [2.24, 2.45) is 7.05 Å². The number of nitrogens with zero attached hydrogens (tertiary/aromatic N) is 3. The van der Waals surface area contributed by atoms with Crippen molar-refractivity contribution in [1.29, 1.82) is 0 Å². The molecule has 6 heteroatoms. The molecule has 3 rings (SSSR count). The highest BCUT2D eigenvalue weighted by molar-refractivity contribution is 5.75. The first-order valence-electron chi connectivity index (χ1n) is 8.76. The van der Waals surface area contributed by atoms with Crippen molar-refractivity contribution in [3.05, 3.63) is 53.1 Å². The van der Waals surface area contributed by atoms with E-state index in [0.29, 0.717) is 12.1 Å². The van der Waals surface area contributed by atoms with Crippen LogP contribution >= 0.6 is 0 Å². The van der Waals surface area contributed by atoms with Gasteiger partial charge in [-0.05, 0) is 39.2 Å². The van der Waals surface area contributed by atoms with Crippen molar-refractivity contribution < 1.29 is 9.18 Å². The second-order valence-corrected chi connectivity index (χ2v) is 6.82. The fourth-order valence-electron chi connectivity index (χ4n) is 3.26. The van der Waals surface area contributed by atoms with Crippen molar-refractivity contribution in [1.82, 2.24) is 20.0 Å². The number of aryl methyl sites for hydroxylation is 2. The van der Waals surface area contributed by atoms with E-state index in [2.05, 4.69) is 10.4 Å². The summed E-state index contributed by atoms with van der Waals surface area (Å²) in [5.74, 6) is -0.268. The second-order valence-electron chi connectivity index (χ2n) is 6.82. The molecule has 2 aromatic rings. The molecule has 1 atom stereocenters. The lowest BCUT2D eigenvalue weighted by atomic mass is 9.91. The molecule has 1 aliphatic rings. The number of benzene rings is 1. The number of carbonyl (C=O) groups excluding carboxylic acids is 1. The van der Waals surface area contributed by atoms with Crippen LogP contribution in [0.2, 0.25) is 0 Å². The predicted octanol–water partition coefficient (Wildman–Crippen LogP) is 3.69. The topological polar surface area (TPSA) is 50.2 Å². The summed E-state index contributed by atoms with van der Waals surface area (Å²) in [7, 11) is 1.86. The zero-order chi connectivity index (χ0) is 18.0. The van der Waals surface area contributed by atoms with Gasteiger partial charge in [0.15, 0.2) is 0 Å². The third-order valence-electron chi connectivity index (χ3n) is 4.93. The molecular weight excluding hydrogens is 319 g/mol. The molecule has 0 spiro atoms. The van der Waals surface area contributed by atoms with Crippen LogP contribution in [-0.4, -0.2) is 26.8 Å². The number of halogens is 1. The van der Waals surface area contributed by atoms with Gasteiger partial charge in [-0.2, -0.15) is 5.10 Å². The van der Waals surface area contributed by atoms with Crippen molar-refractivity contribution in [2.75, 3.05) is 0 Å². The summed E-state index contributed by atoms with van der Waals surface area (Å²) in [5.41, 5.74) is 2.45. The van der Waals surface area contributed by atoms with E-state index >= 15 is 0 Å². The third kappa shape index (κ3) is 3.83. The maximum absolute atomic E-state index is 14.0. The van der Waals surface area contributed by atoms with Gasteiger partial charge in [-0.3, -0.25) is 4.68 Å². The van der Waals surface area contributed by atoms with Crippen LogP contribution in [0.25, 0.3) is 0 Å². The molecule has 0 aliphatic heterocycles. The Labute approximate surface area is 147 Å². The molecule has 2 amide bonds. The van der Waals surface area contributed by atoms with Crippen LogP contribution in [0.15, 0.2) is 30.5 Å². The summed E-state index contributed by atoms with van der Waals surface area (Å²) in [6, 6.07) is 6.53. The minimum absolute atomic E-state index is 0.149. The lowest BCUT2D eigenvalue weighted by molar-refractivity contribution is 0.130. The first-order valence-corrected chi connectivity index (χ1v) is 8.76. The molecule has 1 N–H and O–H groups in total. The number of amides is 2. The van der Waals surface area contributed by atoms with Crippen LogP contribution in [0.1, 0.15) is 49.0 Å². The van der Waals surface area contributed by atoms with Crippen molar-refractivity contribution >= 4 is 6.03 Å². The average Bonchev–Trinajstić information content (AvgIpc) is 2.85. The van der Waals surface area contributed by atoms with Gasteiger partial charge in [0.05, 0.1) is 18.3 Å². The van der Waals surface area contributed by atoms with Crippen LogP contribution < -0.4 is 5.32 Å². The van der Waals surface area contributed by atoms with Gasteiger partial charge in [-0.15, -0.1) is 0 Å². The summed E-state index contributed by atoms with van der Waals surface area (Å²) < 4.78 is 15.8. The van der Waals surface area contributed by atoms with Crippen molar-refractivity contribution in [2.45, 2.75) is 51.7 Å². The number of hydrogen-bond acceptors (Lipinski definition) is 2. The van der Waals surface area contributed by atoms with Gasteiger partial charge in [-0.25, -0.2) is 9.18 Å². The van der Waals surface area contributed by atoms with Gasteiger partial charge < -0.3 is 10.2 Å².